The topological polar surface area (TPSA) is 43.6 Å². The van der Waals surface area contributed by atoms with Crippen molar-refractivity contribution >= 4 is 0 Å². The highest BCUT2D eigenvalue weighted by atomic mass is 15.4. The molecule has 4 nitrogen and oxygen atoms in total. The number of aryl methyl sites for hydroxylation is 2. The summed E-state index contributed by atoms with van der Waals surface area (Å²) in [6, 6.07) is 2.02. The van der Waals surface area contributed by atoms with Crippen LogP contribution in [0.5, 0.6) is 0 Å². The smallest absolute Gasteiger partial charge is 0.0849 e. The zero-order chi connectivity index (χ0) is 9.26. The highest BCUT2D eigenvalue weighted by molar-refractivity contribution is 5.30. The predicted molar refractivity (Wildman–Crippen MR) is 48.6 cm³/mol. The fourth-order valence-corrected chi connectivity index (χ4v) is 1.14. The second kappa shape index (κ2) is 2.97. The molecule has 0 aliphatic carbocycles. The summed E-state index contributed by atoms with van der Waals surface area (Å²) in [5, 5.41) is 7.86. The number of rotatable bonds is 1. The second-order valence-corrected chi connectivity index (χ2v) is 3.02. The van der Waals surface area contributed by atoms with Crippen molar-refractivity contribution in [3.8, 4) is 5.69 Å². The van der Waals surface area contributed by atoms with E-state index in [4.69, 9.17) is 0 Å². The molecule has 2 aromatic rings. The first-order valence-corrected chi connectivity index (χ1v) is 4.07. The van der Waals surface area contributed by atoms with Gasteiger partial charge in [-0.25, -0.2) is 4.68 Å². The Morgan fingerprint density at radius 3 is 2.69 bits per heavy atom. The summed E-state index contributed by atoms with van der Waals surface area (Å²) in [6.07, 6.45) is 5.45. The van der Waals surface area contributed by atoms with Crippen molar-refractivity contribution in [2.75, 3.05) is 0 Å². The molecule has 0 amide bonds. The molecule has 0 unspecified atom stereocenters. The molecule has 4 heteroatoms. The van der Waals surface area contributed by atoms with Crippen LogP contribution in [-0.4, -0.2) is 20.0 Å². The highest BCUT2D eigenvalue weighted by Crippen LogP contribution is 2.06. The summed E-state index contributed by atoms with van der Waals surface area (Å²) in [7, 11) is 0. The number of nitrogens with zero attached hydrogens (tertiary/aromatic N) is 4. The highest BCUT2D eigenvalue weighted by Gasteiger charge is 1.98. The maximum atomic E-state index is 4.08. The third-order valence-corrected chi connectivity index (χ3v) is 1.73. The van der Waals surface area contributed by atoms with Crippen LogP contribution in [0.25, 0.3) is 5.69 Å². The number of hydrogen-bond acceptors (Lipinski definition) is 3. The molecule has 0 N–H and O–H groups in total. The summed E-state index contributed by atoms with van der Waals surface area (Å²) >= 11 is 0. The van der Waals surface area contributed by atoms with Crippen molar-refractivity contribution in [2.45, 2.75) is 13.8 Å². The van der Waals surface area contributed by atoms with Crippen LogP contribution in [-0.2, 0) is 0 Å². The predicted octanol–water partition coefficient (Wildman–Crippen LogP) is 1.28. The van der Waals surface area contributed by atoms with Crippen LogP contribution in [0.4, 0.5) is 0 Å². The fourth-order valence-electron chi connectivity index (χ4n) is 1.14. The Morgan fingerprint density at radius 2 is 2.08 bits per heavy atom. The molecular formula is C9H10N4. The first-order chi connectivity index (χ1) is 6.25. The van der Waals surface area contributed by atoms with Crippen molar-refractivity contribution in [3.63, 3.8) is 0 Å². The van der Waals surface area contributed by atoms with E-state index in [2.05, 4.69) is 15.3 Å². The Kier molecular flexibility index (Phi) is 1.81. The SMILES string of the molecule is Cc1cncc(-n2cc(C)nn2)c1. The van der Waals surface area contributed by atoms with Crippen molar-refractivity contribution < 1.29 is 0 Å². The maximum Gasteiger partial charge on any atom is 0.0849 e. The zero-order valence-electron chi connectivity index (χ0n) is 7.60. The molecule has 0 aliphatic rings. The molecule has 2 aromatic heterocycles. The molecule has 0 radical (unpaired) electrons. The summed E-state index contributed by atoms with van der Waals surface area (Å²) in [6.45, 7) is 3.91. The molecule has 0 atom stereocenters. The van der Waals surface area contributed by atoms with E-state index in [0.29, 0.717) is 0 Å². The molecule has 2 rings (SSSR count). The zero-order valence-corrected chi connectivity index (χ0v) is 7.60. The van der Waals surface area contributed by atoms with Gasteiger partial charge in [-0.1, -0.05) is 5.21 Å². The first kappa shape index (κ1) is 7.91. The minimum Gasteiger partial charge on any atom is -0.262 e. The Hall–Kier alpha value is -1.71. The van der Waals surface area contributed by atoms with E-state index in [1.165, 1.54) is 0 Å². The normalized spacial score (nSPS) is 10.3. The molecule has 0 aliphatic heterocycles. The summed E-state index contributed by atoms with van der Waals surface area (Å²) in [5.41, 5.74) is 2.97. The van der Waals surface area contributed by atoms with E-state index in [1.54, 1.807) is 10.9 Å². The van der Waals surface area contributed by atoms with Gasteiger partial charge in [0.15, 0.2) is 0 Å². The molecular weight excluding hydrogens is 164 g/mol. The average Bonchev–Trinajstić information content (AvgIpc) is 2.52. The van der Waals surface area contributed by atoms with Gasteiger partial charge in [0.2, 0.25) is 0 Å². The van der Waals surface area contributed by atoms with Crippen LogP contribution >= 0.6 is 0 Å². The van der Waals surface area contributed by atoms with E-state index in [0.717, 1.165) is 16.9 Å². The lowest BCUT2D eigenvalue weighted by Crippen LogP contribution is -1.95. The van der Waals surface area contributed by atoms with Crippen LogP contribution in [0.2, 0.25) is 0 Å². The van der Waals surface area contributed by atoms with Crippen molar-refractivity contribution in [3.05, 3.63) is 35.9 Å². The van der Waals surface area contributed by atoms with E-state index < -0.39 is 0 Å². The molecule has 0 saturated heterocycles. The third kappa shape index (κ3) is 1.56. The minimum atomic E-state index is 0.904. The monoisotopic (exact) mass is 174 g/mol. The number of pyridine rings is 1. The van der Waals surface area contributed by atoms with Gasteiger partial charge in [0.05, 0.1) is 23.8 Å². The minimum absolute atomic E-state index is 0.904. The maximum absolute atomic E-state index is 4.08. The number of aromatic nitrogens is 4. The van der Waals surface area contributed by atoms with Gasteiger partial charge in [-0.15, -0.1) is 5.10 Å². The van der Waals surface area contributed by atoms with Gasteiger partial charge in [-0.3, -0.25) is 4.98 Å². The van der Waals surface area contributed by atoms with Gasteiger partial charge in [-0.2, -0.15) is 0 Å². The van der Waals surface area contributed by atoms with Gasteiger partial charge in [0.1, 0.15) is 0 Å². The fraction of sp³-hybridized carbons (Fsp3) is 0.222. The van der Waals surface area contributed by atoms with Gasteiger partial charge >= 0.3 is 0 Å². The Labute approximate surface area is 76.2 Å². The molecule has 0 saturated carbocycles. The number of hydrogen-bond donors (Lipinski definition) is 0. The van der Waals surface area contributed by atoms with E-state index in [-0.39, 0.29) is 0 Å². The van der Waals surface area contributed by atoms with Crippen molar-refractivity contribution in [1.82, 2.24) is 20.0 Å². The summed E-state index contributed by atoms with van der Waals surface area (Å²) in [4.78, 5) is 4.08. The van der Waals surface area contributed by atoms with Crippen molar-refractivity contribution in [1.29, 1.82) is 0 Å². The lowest BCUT2D eigenvalue weighted by atomic mass is 10.3. The Bertz CT molecular complexity index is 419. The van der Waals surface area contributed by atoms with Crippen LogP contribution in [0.15, 0.2) is 24.7 Å². The van der Waals surface area contributed by atoms with Gasteiger partial charge in [0.25, 0.3) is 0 Å². The summed E-state index contributed by atoms with van der Waals surface area (Å²) in [5.74, 6) is 0. The lowest BCUT2D eigenvalue weighted by molar-refractivity contribution is 0.796. The van der Waals surface area contributed by atoms with E-state index in [9.17, 15) is 0 Å². The molecule has 0 aromatic carbocycles. The third-order valence-electron chi connectivity index (χ3n) is 1.73. The molecule has 66 valence electrons. The van der Waals surface area contributed by atoms with Crippen LogP contribution in [0.3, 0.4) is 0 Å². The second-order valence-electron chi connectivity index (χ2n) is 3.02. The van der Waals surface area contributed by atoms with Crippen LogP contribution in [0.1, 0.15) is 11.3 Å². The average molecular weight is 174 g/mol. The quantitative estimate of drug-likeness (QED) is 0.654. The van der Waals surface area contributed by atoms with E-state index >= 15 is 0 Å². The van der Waals surface area contributed by atoms with Crippen molar-refractivity contribution in [2.24, 2.45) is 0 Å². The lowest BCUT2D eigenvalue weighted by Gasteiger charge is -1.98. The Morgan fingerprint density at radius 1 is 1.23 bits per heavy atom. The molecule has 0 spiro atoms. The van der Waals surface area contributed by atoms with Crippen LogP contribution in [0, 0.1) is 13.8 Å². The summed E-state index contributed by atoms with van der Waals surface area (Å²) < 4.78 is 1.72. The van der Waals surface area contributed by atoms with E-state index in [1.807, 2.05) is 32.3 Å². The van der Waals surface area contributed by atoms with Gasteiger partial charge < -0.3 is 0 Å². The van der Waals surface area contributed by atoms with Crippen LogP contribution < -0.4 is 0 Å². The standard InChI is InChI=1S/C9H10N4/c1-7-3-9(5-10-4-7)13-6-8(2)11-12-13/h3-6H,1-2H3. The van der Waals surface area contributed by atoms with Gasteiger partial charge in [0, 0.05) is 6.20 Å². The molecule has 0 fully saturated rings. The molecule has 0 bridgehead atoms. The molecule has 2 heterocycles. The largest absolute Gasteiger partial charge is 0.262 e. The first-order valence-electron chi connectivity index (χ1n) is 4.07. The molecule has 13 heavy (non-hydrogen) atoms. The van der Waals surface area contributed by atoms with Gasteiger partial charge in [-0.05, 0) is 25.5 Å². The Balaban J connectivity index is 2.46.